The highest BCUT2D eigenvalue weighted by atomic mass is 16.3. The Balaban J connectivity index is 1.77. The molecule has 0 heterocycles. The van der Waals surface area contributed by atoms with Gasteiger partial charge in [0.25, 0.3) is 0 Å². The molecule has 0 spiro atoms. The zero-order chi connectivity index (χ0) is 23.7. The molecule has 3 saturated carbocycles. The van der Waals surface area contributed by atoms with Crippen molar-refractivity contribution in [1.82, 2.24) is 0 Å². The van der Waals surface area contributed by atoms with Gasteiger partial charge in [-0.05, 0) is 86.7 Å². The highest BCUT2D eigenvalue weighted by molar-refractivity contribution is 5.38. The summed E-state index contributed by atoms with van der Waals surface area (Å²) in [6, 6.07) is 0. The first-order chi connectivity index (χ1) is 15.0. The van der Waals surface area contributed by atoms with E-state index >= 15 is 0 Å². The SMILES string of the molecule is C=C1/C(=C\C=C2/CCC[C@]3(C)[C@@H]([C@H](C)/C=C/C(CO)C(C)(C)O)CC[C@@H]23)C[C@@H](O)C[C@@H]1O. The number of aliphatic hydroxyl groups is 4. The number of fused-ring (bicyclic) bond motifs is 1. The maximum Gasteiger partial charge on any atom is 0.0811 e. The molecule has 3 fully saturated rings. The maximum atomic E-state index is 10.3. The molecule has 1 unspecified atom stereocenters. The lowest BCUT2D eigenvalue weighted by Crippen LogP contribution is -2.36. The van der Waals surface area contributed by atoms with Gasteiger partial charge in [0.15, 0.2) is 0 Å². The van der Waals surface area contributed by atoms with E-state index in [1.807, 2.05) is 6.08 Å². The van der Waals surface area contributed by atoms with Gasteiger partial charge in [-0.25, -0.2) is 0 Å². The number of allylic oxidation sites excluding steroid dienone is 4. The molecule has 0 aromatic rings. The second kappa shape index (κ2) is 9.97. The fraction of sp³-hybridized carbons (Fsp3) is 0.714. The van der Waals surface area contributed by atoms with Gasteiger partial charge in [0.2, 0.25) is 0 Å². The van der Waals surface area contributed by atoms with Gasteiger partial charge in [-0.1, -0.05) is 50.3 Å². The third-order valence-electron chi connectivity index (χ3n) is 8.69. The lowest BCUT2D eigenvalue weighted by atomic mass is 9.61. The minimum Gasteiger partial charge on any atom is -0.396 e. The Morgan fingerprint density at radius 1 is 1.19 bits per heavy atom. The van der Waals surface area contributed by atoms with E-state index in [0.29, 0.717) is 30.6 Å². The molecule has 3 aliphatic carbocycles. The number of rotatable bonds is 6. The third-order valence-corrected chi connectivity index (χ3v) is 8.69. The van der Waals surface area contributed by atoms with Gasteiger partial charge in [-0.2, -0.15) is 0 Å². The Morgan fingerprint density at radius 2 is 1.91 bits per heavy atom. The van der Waals surface area contributed by atoms with Crippen molar-refractivity contribution in [3.63, 3.8) is 0 Å². The normalized spacial score (nSPS) is 38.4. The quantitative estimate of drug-likeness (QED) is 0.448. The van der Waals surface area contributed by atoms with Crippen LogP contribution in [0.15, 0.2) is 47.6 Å². The average molecular weight is 445 g/mol. The summed E-state index contributed by atoms with van der Waals surface area (Å²) in [6.07, 6.45) is 14.3. The molecule has 0 saturated heterocycles. The Labute approximate surface area is 194 Å². The van der Waals surface area contributed by atoms with Gasteiger partial charge in [0.1, 0.15) is 0 Å². The van der Waals surface area contributed by atoms with E-state index in [9.17, 15) is 20.4 Å². The third kappa shape index (κ3) is 5.30. The molecule has 32 heavy (non-hydrogen) atoms. The highest BCUT2D eigenvalue weighted by Gasteiger charge is 2.50. The van der Waals surface area contributed by atoms with Gasteiger partial charge >= 0.3 is 0 Å². The van der Waals surface area contributed by atoms with E-state index in [0.717, 1.165) is 17.6 Å². The zero-order valence-electron chi connectivity index (χ0n) is 20.4. The average Bonchev–Trinajstić information content (AvgIpc) is 3.06. The second-order valence-electron chi connectivity index (χ2n) is 11.4. The lowest BCUT2D eigenvalue weighted by Gasteiger charge is -2.44. The molecule has 4 heteroatoms. The van der Waals surface area contributed by atoms with Crippen LogP contribution < -0.4 is 0 Å². The topological polar surface area (TPSA) is 80.9 Å². The van der Waals surface area contributed by atoms with Crippen molar-refractivity contribution in [3.8, 4) is 0 Å². The summed E-state index contributed by atoms with van der Waals surface area (Å²) in [5.74, 6) is 1.28. The molecular formula is C28H44O4. The van der Waals surface area contributed by atoms with Gasteiger partial charge in [-0.15, -0.1) is 0 Å². The summed E-state index contributed by atoms with van der Waals surface area (Å²) in [5.41, 5.74) is 2.55. The molecule has 0 bridgehead atoms. The fourth-order valence-electron chi connectivity index (χ4n) is 6.57. The van der Waals surface area contributed by atoms with Gasteiger partial charge in [0, 0.05) is 12.3 Å². The summed E-state index contributed by atoms with van der Waals surface area (Å²) < 4.78 is 0. The second-order valence-corrected chi connectivity index (χ2v) is 11.4. The van der Waals surface area contributed by atoms with Gasteiger partial charge in [0.05, 0.1) is 24.4 Å². The van der Waals surface area contributed by atoms with Crippen molar-refractivity contribution in [3.05, 3.63) is 47.6 Å². The van der Waals surface area contributed by atoms with Crippen LogP contribution >= 0.6 is 0 Å². The maximum absolute atomic E-state index is 10.3. The first-order valence-electron chi connectivity index (χ1n) is 12.4. The van der Waals surface area contributed by atoms with Crippen molar-refractivity contribution in [1.29, 1.82) is 0 Å². The summed E-state index contributed by atoms with van der Waals surface area (Å²) in [7, 11) is 0. The van der Waals surface area contributed by atoms with Crippen LogP contribution in [-0.4, -0.2) is 44.8 Å². The van der Waals surface area contributed by atoms with Crippen molar-refractivity contribution >= 4 is 0 Å². The van der Waals surface area contributed by atoms with Crippen LogP contribution in [0.4, 0.5) is 0 Å². The van der Waals surface area contributed by atoms with Crippen LogP contribution in [0.2, 0.25) is 0 Å². The minimum atomic E-state index is -0.925. The van der Waals surface area contributed by atoms with Crippen molar-refractivity contribution in [2.75, 3.05) is 6.61 Å². The Kier molecular flexibility index (Phi) is 7.92. The molecule has 3 aliphatic rings. The largest absolute Gasteiger partial charge is 0.396 e. The standard InChI is InChI=1S/C28H44O4/c1-18(8-11-22(17-29)27(3,4)32)24-12-13-25-20(7-6-14-28(24,25)5)9-10-21-15-23(30)16-26(31)19(21)2/h8-11,18,22-26,29-32H,2,6-7,12-17H2,1,3-5H3/b11-8+,20-9+,21-10-/t18-,22?,23-,24-,25+,26+,28-/m1/s1. The summed E-state index contributed by atoms with van der Waals surface area (Å²) in [6.45, 7) is 12.2. The van der Waals surface area contributed by atoms with Crippen molar-refractivity contribution < 1.29 is 20.4 Å². The molecule has 4 nitrogen and oxygen atoms in total. The summed E-state index contributed by atoms with van der Waals surface area (Å²) in [5, 5.41) is 40.1. The van der Waals surface area contributed by atoms with Gasteiger partial charge in [-0.3, -0.25) is 0 Å². The number of aliphatic hydroxyl groups excluding tert-OH is 3. The lowest BCUT2D eigenvalue weighted by molar-refractivity contribution is 0.0128. The molecule has 0 aromatic heterocycles. The minimum absolute atomic E-state index is 0.0481. The fourth-order valence-corrected chi connectivity index (χ4v) is 6.57. The Bertz CT molecular complexity index is 771. The molecule has 4 N–H and O–H groups in total. The predicted octanol–water partition coefficient (Wildman–Crippen LogP) is 4.70. The molecule has 0 aromatic carbocycles. The Hall–Kier alpha value is -1.20. The first kappa shape index (κ1) is 25.4. The van der Waals surface area contributed by atoms with Crippen molar-refractivity contribution in [2.45, 2.75) is 90.4 Å². The van der Waals surface area contributed by atoms with E-state index in [4.69, 9.17) is 0 Å². The van der Waals surface area contributed by atoms with Crippen molar-refractivity contribution in [2.24, 2.45) is 29.1 Å². The highest BCUT2D eigenvalue weighted by Crippen LogP contribution is 2.59. The van der Waals surface area contributed by atoms with Gasteiger partial charge < -0.3 is 20.4 Å². The predicted molar refractivity (Wildman–Crippen MR) is 130 cm³/mol. The van der Waals surface area contributed by atoms with E-state index in [2.05, 4.69) is 38.7 Å². The molecule has 180 valence electrons. The molecule has 0 amide bonds. The van der Waals surface area contributed by atoms with Crippen LogP contribution in [0.5, 0.6) is 0 Å². The number of hydrogen-bond donors (Lipinski definition) is 4. The van der Waals surface area contributed by atoms with Crippen LogP contribution in [-0.2, 0) is 0 Å². The summed E-state index contributed by atoms with van der Waals surface area (Å²) in [4.78, 5) is 0. The van der Waals surface area contributed by atoms with E-state index < -0.39 is 17.8 Å². The molecular weight excluding hydrogens is 400 g/mol. The molecule has 0 radical (unpaired) electrons. The number of hydrogen-bond acceptors (Lipinski definition) is 4. The smallest absolute Gasteiger partial charge is 0.0811 e. The Morgan fingerprint density at radius 3 is 2.56 bits per heavy atom. The van der Waals surface area contributed by atoms with Crippen LogP contribution in [0.3, 0.4) is 0 Å². The summed E-state index contributed by atoms with van der Waals surface area (Å²) >= 11 is 0. The molecule has 0 aliphatic heterocycles. The van der Waals surface area contributed by atoms with E-state index in [1.165, 1.54) is 31.3 Å². The molecule has 7 atom stereocenters. The molecule has 3 rings (SSSR count). The van der Waals surface area contributed by atoms with Crippen LogP contribution in [0, 0.1) is 29.1 Å². The monoisotopic (exact) mass is 444 g/mol. The first-order valence-corrected chi connectivity index (χ1v) is 12.4. The zero-order valence-corrected chi connectivity index (χ0v) is 20.4. The van der Waals surface area contributed by atoms with E-state index in [1.54, 1.807) is 13.8 Å². The van der Waals surface area contributed by atoms with Crippen LogP contribution in [0.25, 0.3) is 0 Å². The van der Waals surface area contributed by atoms with E-state index in [-0.39, 0.29) is 17.9 Å². The van der Waals surface area contributed by atoms with Crippen LogP contribution in [0.1, 0.15) is 72.6 Å².